The van der Waals surface area contributed by atoms with Gasteiger partial charge in [0, 0.05) is 16.7 Å². The summed E-state index contributed by atoms with van der Waals surface area (Å²) in [6.07, 6.45) is 2.44. The molecule has 1 amide bonds. The summed E-state index contributed by atoms with van der Waals surface area (Å²) < 4.78 is 0. The number of carboxylic acid groups (broad SMARTS) is 1. The van der Waals surface area contributed by atoms with Crippen LogP contribution < -0.4 is 5.32 Å². The van der Waals surface area contributed by atoms with Crippen LogP contribution >= 0.6 is 12.6 Å². The second kappa shape index (κ2) is 9.74. The Morgan fingerprint density at radius 1 is 0.833 bits per heavy atom. The van der Waals surface area contributed by atoms with Crippen molar-refractivity contribution in [2.45, 2.75) is 63.8 Å². The lowest BCUT2D eigenvalue weighted by molar-refractivity contribution is -0.139. The standard InChI is InChI=1S/C30H33NO4S/c1-29(2)12-13-30(3,4)24-17-21(9-10-23(24)29)26(32)20-7-5-19-16-22(8-6-18(19)15-20)27(33)31-25(11-14-36)28(34)35/h5-10,15-17,25,36H,11-14H2,1-4H3,(H,31,33)(H,34,35). The molecule has 0 fully saturated rings. The maximum atomic E-state index is 13.4. The Hall–Kier alpha value is -3.12. The molecule has 0 spiro atoms. The van der Waals surface area contributed by atoms with Crippen LogP contribution in [0.15, 0.2) is 54.6 Å². The van der Waals surface area contributed by atoms with E-state index >= 15 is 0 Å². The summed E-state index contributed by atoms with van der Waals surface area (Å²) in [5.41, 5.74) is 4.32. The number of rotatable bonds is 7. The number of nitrogens with one attached hydrogen (secondary N) is 1. The average molecular weight is 504 g/mol. The van der Waals surface area contributed by atoms with Crippen molar-refractivity contribution in [2.24, 2.45) is 0 Å². The molecule has 188 valence electrons. The average Bonchev–Trinajstić information content (AvgIpc) is 2.85. The van der Waals surface area contributed by atoms with Crippen molar-refractivity contribution in [1.82, 2.24) is 5.32 Å². The van der Waals surface area contributed by atoms with Gasteiger partial charge in [0.05, 0.1) is 0 Å². The van der Waals surface area contributed by atoms with Crippen LogP contribution in [-0.4, -0.2) is 34.6 Å². The maximum absolute atomic E-state index is 13.4. The summed E-state index contributed by atoms with van der Waals surface area (Å²) in [6.45, 7) is 9.03. The zero-order chi connectivity index (χ0) is 26.3. The van der Waals surface area contributed by atoms with Gasteiger partial charge in [0.1, 0.15) is 6.04 Å². The van der Waals surface area contributed by atoms with Crippen molar-refractivity contribution in [3.8, 4) is 0 Å². The van der Waals surface area contributed by atoms with E-state index in [1.165, 1.54) is 11.1 Å². The largest absolute Gasteiger partial charge is 0.480 e. The molecule has 1 aliphatic rings. The maximum Gasteiger partial charge on any atom is 0.326 e. The highest BCUT2D eigenvalue weighted by Gasteiger charge is 2.37. The Morgan fingerprint density at radius 2 is 1.36 bits per heavy atom. The number of thiol groups is 1. The van der Waals surface area contributed by atoms with Crippen molar-refractivity contribution in [3.05, 3.63) is 82.4 Å². The van der Waals surface area contributed by atoms with Crippen LogP contribution in [0.3, 0.4) is 0 Å². The van der Waals surface area contributed by atoms with Crippen molar-refractivity contribution in [1.29, 1.82) is 0 Å². The first kappa shape index (κ1) is 26.0. The normalized spacial score (nSPS) is 16.7. The van der Waals surface area contributed by atoms with Gasteiger partial charge in [-0.25, -0.2) is 4.79 Å². The van der Waals surface area contributed by atoms with Crippen LogP contribution in [0.2, 0.25) is 0 Å². The zero-order valence-corrected chi connectivity index (χ0v) is 22.1. The van der Waals surface area contributed by atoms with E-state index in [9.17, 15) is 19.5 Å². The van der Waals surface area contributed by atoms with Crippen LogP contribution in [0.1, 0.15) is 84.4 Å². The monoisotopic (exact) mass is 503 g/mol. The molecule has 0 bridgehead atoms. The van der Waals surface area contributed by atoms with E-state index in [1.807, 2.05) is 18.2 Å². The third-order valence-corrected chi connectivity index (χ3v) is 7.76. The molecule has 0 saturated heterocycles. The number of carboxylic acids is 1. The molecule has 1 atom stereocenters. The minimum Gasteiger partial charge on any atom is -0.480 e. The summed E-state index contributed by atoms with van der Waals surface area (Å²) >= 11 is 4.06. The smallest absolute Gasteiger partial charge is 0.326 e. The van der Waals surface area contributed by atoms with E-state index < -0.39 is 17.9 Å². The SMILES string of the molecule is CC1(C)CCC(C)(C)c2cc(C(=O)c3ccc4cc(C(=O)NC(CCS)C(=O)O)ccc4c3)ccc21. The number of aliphatic carboxylic acids is 1. The van der Waals surface area contributed by atoms with Gasteiger partial charge in [-0.2, -0.15) is 12.6 Å². The summed E-state index contributed by atoms with van der Waals surface area (Å²) in [7, 11) is 0. The molecule has 0 heterocycles. The first-order valence-electron chi connectivity index (χ1n) is 12.3. The Kier molecular flexibility index (Phi) is 7.02. The molecule has 0 aliphatic heterocycles. The van der Waals surface area contributed by atoms with E-state index in [2.05, 4.69) is 57.8 Å². The first-order chi connectivity index (χ1) is 16.9. The molecule has 3 aromatic rings. The van der Waals surface area contributed by atoms with Crippen LogP contribution in [0.25, 0.3) is 10.8 Å². The molecule has 1 aliphatic carbocycles. The topological polar surface area (TPSA) is 83.5 Å². The number of hydrogen-bond donors (Lipinski definition) is 3. The Balaban J connectivity index is 1.61. The fourth-order valence-electron chi connectivity index (χ4n) is 5.05. The van der Waals surface area contributed by atoms with E-state index in [4.69, 9.17) is 0 Å². The number of hydrogen-bond acceptors (Lipinski definition) is 4. The van der Waals surface area contributed by atoms with Crippen LogP contribution in [-0.2, 0) is 15.6 Å². The third kappa shape index (κ3) is 5.05. The Bertz CT molecular complexity index is 1360. The molecule has 6 heteroatoms. The molecule has 2 N–H and O–H groups in total. The van der Waals surface area contributed by atoms with Crippen LogP contribution in [0.4, 0.5) is 0 Å². The highest BCUT2D eigenvalue weighted by atomic mass is 32.1. The molecular weight excluding hydrogens is 470 g/mol. The summed E-state index contributed by atoms with van der Waals surface area (Å²) in [5, 5.41) is 13.5. The van der Waals surface area contributed by atoms with Gasteiger partial charge in [0.25, 0.3) is 5.91 Å². The molecule has 1 unspecified atom stereocenters. The van der Waals surface area contributed by atoms with Crippen molar-refractivity contribution in [3.63, 3.8) is 0 Å². The second-order valence-corrected chi connectivity index (χ2v) is 11.5. The highest BCUT2D eigenvalue weighted by molar-refractivity contribution is 7.80. The fraction of sp³-hybridized carbons (Fsp3) is 0.367. The van der Waals surface area contributed by atoms with E-state index in [0.29, 0.717) is 22.4 Å². The van der Waals surface area contributed by atoms with Gasteiger partial charge in [0.15, 0.2) is 5.78 Å². The number of carbonyl (C=O) groups is 3. The summed E-state index contributed by atoms with van der Waals surface area (Å²) in [6, 6.07) is 15.7. The van der Waals surface area contributed by atoms with Gasteiger partial charge in [0.2, 0.25) is 0 Å². The molecule has 4 rings (SSSR count). The summed E-state index contributed by atoms with van der Waals surface area (Å²) in [4.78, 5) is 37.4. The Labute approximate surface area is 217 Å². The minimum absolute atomic E-state index is 0.0218. The van der Waals surface area contributed by atoms with E-state index in [-0.39, 0.29) is 23.0 Å². The van der Waals surface area contributed by atoms with E-state index in [0.717, 1.165) is 23.6 Å². The molecule has 3 aromatic carbocycles. The van der Waals surface area contributed by atoms with Gasteiger partial charge in [-0.05, 0) is 82.0 Å². The predicted molar refractivity (Wildman–Crippen MR) is 146 cm³/mol. The van der Waals surface area contributed by atoms with E-state index in [1.54, 1.807) is 24.3 Å². The molecule has 5 nitrogen and oxygen atoms in total. The van der Waals surface area contributed by atoms with Crippen LogP contribution in [0.5, 0.6) is 0 Å². The van der Waals surface area contributed by atoms with Crippen molar-refractivity contribution in [2.75, 3.05) is 5.75 Å². The lowest BCUT2D eigenvalue weighted by atomic mass is 9.63. The Morgan fingerprint density at radius 3 is 1.97 bits per heavy atom. The number of carbonyl (C=O) groups excluding carboxylic acids is 2. The highest BCUT2D eigenvalue weighted by Crippen LogP contribution is 2.46. The lowest BCUT2D eigenvalue weighted by Gasteiger charge is -2.42. The van der Waals surface area contributed by atoms with Crippen molar-refractivity contribution >= 4 is 41.1 Å². The number of benzene rings is 3. The number of ketones is 1. The lowest BCUT2D eigenvalue weighted by Crippen LogP contribution is -2.41. The molecule has 0 aromatic heterocycles. The predicted octanol–water partition coefficient (Wildman–Crippen LogP) is 5.92. The molecular formula is C30H33NO4S. The van der Waals surface area contributed by atoms with Gasteiger partial charge in [-0.15, -0.1) is 0 Å². The zero-order valence-electron chi connectivity index (χ0n) is 21.2. The quantitative estimate of drug-likeness (QED) is 0.276. The van der Waals surface area contributed by atoms with Crippen molar-refractivity contribution < 1.29 is 19.5 Å². The van der Waals surface area contributed by atoms with Gasteiger partial charge >= 0.3 is 5.97 Å². The molecule has 0 radical (unpaired) electrons. The second-order valence-electron chi connectivity index (χ2n) is 11.0. The number of amides is 1. The summed E-state index contributed by atoms with van der Waals surface area (Å²) in [5.74, 6) is -1.22. The van der Waals surface area contributed by atoms with Gasteiger partial charge in [-0.3, -0.25) is 9.59 Å². The van der Waals surface area contributed by atoms with Gasteiger partial charge in [-0.1, -0.05) is 58.0 Å². The molecule has 0 saturated carbocycles. The minimum atomic E-state index is -1.09. The third-order valence-electron chi connectivity index (χ3n) is 7.50. The van der Waals surface area contributed by atoms with Crippen LogP contribution in [0, 0.1) is 0 Å². The fourth-order valence-corrected chi connectivity index (χ4v) is 5.31. The van der Waals surface area contributed by atoms with Gasteiger partial charge < -0.3 is 10.4 Å². The molecule has 36 heavy (non-hydrogen) atoms. The first-order valence-corrected chi connectivity index (χ1v) is 12.9. The number of fused-ring (bicyclic) bond motifs is 2.